The highest BCUT2D eigenvalue weighted by Crippen LogP contribution is 2.26. The van der Waals surface area contributed by atoms with Crippen LogP contribution >= 0.6 is 0 Å². The average Bonchev–Trinajstić information content (AvgIpc) is 3.23. The van der Waals surface area contributed by atoms with E-state index in [9.17, 15) is 38.2 Å². The third-order valence-electron chi connectivity index (χ3n) is 11.4. The van der Waals surface area contributed by atoms with Gasteiger partial charge in [-0.2, -0.15) is 8.42 Å². The zero-order chi connectivity index (χ0) is 44.8. The molecule has 0 aromatic heterocycles. The second-order valence-electron chi connectivity index (χ2n) is 17.0. The van der Waals surface area contributed by atoms with E-state index in [-0.39, 0.29) is 18.9 Å². The first-order valence-electron chi connectivity index (χ1n) is 24.4. The molecule has 12 nitrogen and oxygen atoms in total. The third kappa shape index (κ3) is 31.8. The lowest BCUT2D eigenvalue weighted by Gasteiger charge is -2.41. The standard InChI is InChI=1S/C48H89NO11S/c1-3-5-7-9-11-13-15-17-18-19-20-21-22-23-24-26-27-29-31-33-35-37-42(51)41(40-58-48-46(54)47(60-61(55,56)57)45(53)43(39-50)59-48)49-44(52)38-36-34-32-30-28-25-16-14-12-10-8-6-4-2/h25,28,32,34-35,37,41-43,45-48,50-51,53-54H,3-24,26-27,29-31,33,36,38-40H2,1-2H3,(H,49,52)(H,55,56,57)/b28-25-,34-32-,37-35+. The Bertz CT molecular complexity index is 1230. The maximum Gasteiger partial charge on any atom is 0.397 e. The first-order valence-corrected chi connectivity index (χ1v) is 25.7. The first-order chi connectivity index (χ1) is 29.5. The zero-order valence-electron chi connectivity index (χ0n) is 38.2. The number of allylic oxidation sites excluding steroid dienone is 5. The van der Waals surface area contributed by atoms with Gasteiger partial charge in [0.2, 0.25) is 5.91 Å². The number of nitrogens with one attached hydrogen (secondary N) is 1. The molecule has 7 atom stereocenters. The van der Waals surface area contributed by atoms with Crippen LogP contribution < -0.4 is 5.32 Å². The Kier molecular flexibility index (Phi) is 36.4. The fourth-order valence-corrected chi connectivity index (χ4v) is 8.13. The van der Waals surface area contributed by atoms with Crippen LogP contribution in [0.3, 0.4) is 0 Å². The lowest BCUT2D eigenvalue weighted by molar-refractivity contribution is -0.298. The Morgan fingerprint density at radius 1 is 0.656 bits per heavy atom. The summed E-state index contributed by atoms with van der Waals surface area (Å²) in [5, 5.41) is 44.7. The molecule has 1 saturated heterocycles. The maximum absolute atomic E-state index is 13.0. The summed E-state index contributed by atoms with van der Waals surface area (Å²) in [6.45, 7) is 3.35. The van der Waals surface area contributed by atoms with Crippen LogP contribution in [0.25, 0.3) is 0 Å². The van der Waals surface area contributed by atoms with Crippen molar-refractivity contribution in [2.45, 2.75) is 249 Å². The van der Waals surface area contributed by atoms with E-state index in [0.717, 1.165) is 32.1 Å². The van der Waals surface area contributed by atoms with Crippen molar-refractivity contribution in [3.63, 3.8) is 0 Å². The van der Waals surface area contributed by atoms with Crippen molar-refractivity contribution in [1.29, 1.82) is 0 Å². The minimum atomic E-state index is -5.09. The molecule has 13 heteroatoms. The summed E-state index contributed by atoms with van der Waals surface area (Å²) in [6.07, 6.45) is 37.8. The van der Waals surface area contributed by atoms with Gasteiger partial charge in [0, 0.05) is 6.42 Å². The lowest BCUT2D eigenvalue weighted by atomic mass is 9.99. The second-order valence-corrected chi connectivity index (χ2v) is 18.1. The Balaban J connectivity index is 2.50. The highest BCUT2D eigenvalue weighted by molar-refractivity contribution is 7.80. The highest BCUT2D eigenvalue weighted by Gasteiger charge is 2.48. The Morgan fingerprint density at radius 3 is 1.56 bits per heavy atom. The molecule has 1 fully saturated rings. The molecule has 0 spiro atoms. The van der Waals surface area contributed by atoms with Crippen LogP contribution in [0.4, 0.5) is 0 Å². The zero-order valence-corrected chi connectivity index (χ0v) is 39.0. The number of aliphatic hydroxyl groups excluding tert-OH is 4. The van der Waals surface area contributed by atoms with Crippen LogP contribution in [0, 0.1) is 0 Å². The molecule has 0 radical (unpaired) electrons. The van der Waals surface area contributed by atoms with E-state index in [1.54, 1.807) is 6.08 Å². The number of carbonyl (C=O) groups excluding carboxylic acids is 1. The van der Waals surface area contributed by atoms with Crippen LogP contribution in [0.1, 0.15) is 206 Å². The van der Waals surface area contributed by atoms with Crippen molar-refractivity contribution in [2.24, 2.45) is 0 Å². The van der Waals surface area contributed by atoms with Crippen LogP contribution in [0.5, 0.6) is 0 Å². The molecule has 0 aromatic rings. The van der Waals surface area contributed by atoms with E-state index in [0.29, 0.717) is 6.42 Å². The summed E-state index contributed by atoms with van der Waals surface area (Å²) < 4.78 is 47.6. The predicted octanol–water partition coefficient (Wildman–Crippen LogP) is 9.89. The molecule has 1 aliphatic rings. The van der Waals surface area contributed by atoms with Gasteiger partial charge >= 0.3 is 10.4 Å². The molecule has 0 aliphatic carbocycles. The molecule has 1 amide bonds. The fraction of sp³-hybridized carbons (Fsp3) is 0.854. The molecular weight excluding hydrogens is 799 g/mol. The second kappa shape index (κ2) is 38.8. The Morgan fingerprint density at radius 2 is 1.10 bits per heavy atom. The Labute approximate surface area is 371 Å². The van der Waals surface area contributed by atoms with Gasteiger partial charge in [0.15, 0.2) is 6.29 Å². The number of carbonyl (C=O) groups is 1. The first kappa shape index (κ1) is 57.3. The van der Waals surface area contributed by atoms with Crippen molar-refractivity contribution in [1.82, 2.24) is 5.32 Å². The van der Waals surface area contributed by atoms with Gasteiger partial charge in [-0.05, 0) is 38.5 Å². The van der Waals surface area contributed by atoms with Gasteiger partial charge in [0.25, 0.3) is 0 Å². The van der Waals surface area contributed by atoms with Gasteiger partial charge in [-0.3, -0.25) is 9.35 Å². The molecule has 358 valence electrons. The quantitative estimate of drug-likeness (QED) is 0.0195. The minimum Gasteiger partial charge on any atom is -0.394 e. The summed E-state index contributed by atoms with van der Waals surface area (Å²) >= 11 is 0. The maximum atomic E-state index is 13.0. The number of amides is 1. The molecule has 1 heterocycles. The van der Waals surface area contributed by atoms with Crippen LogP contribution in [-0.4, -0.2) is 95.4 Å². The van der Waals surface area contributed by atoms with Crippen molar-refractivity contribution < 1.29 is 51.8 Å². The molecule has 1 rings (SSSR count). The molecule has 1 aliphatic heterocycles. The van der Waals surface area contributed by atoms with Crippen LogP contribution in [-0.2, 0) is 28.9 Å². The summed E-state index contributed by atoms with van der Waals surface area (Å²) in [5.41, 5.74) is 0. The third-order valence-corrected chi connectivity index (χ3v) is 11.9. The molecule has 7 unspecified atom stereocenters. The molecule has 0 saturated carbocycles. The smallest absolute Gasteiger partial charge is 0.394 e. The van der Waals surface area contributed by atoms with Gasteiger partial charge in [0.1, 0.15) is 24.4 Å². The summed E-state index contributed by atoms with van der Waals surface area (Å²) in [5.74, 6) is -0.329. The van der Waals surface area contributed by atoms with Crippen molar-refractivity contribution >= 4 is 16.3 Å². The van der Waals surface area contributed by atoms with E-state index in [1.165, 1.54) is 148 Å². The normalized spacial score (nSPS) is 20.9. The molecule has 6 N–H and O–H groups in total. The summed E-state index contributed by atoms with van der Waals surface area (Å²) in [7, 11) is -5.09. The van der Waals surface area contributed by atoms with E-state index >= 15 is 0 Å². The largest absolute Gasteiger partial charge is 0.397 e. The van der Waals surface area contributed by atoms with Crippen LogP contribution in [0.2, 0.25) is 0 Å². The van der Waals surface area contributed by atoms with Gasteiger partial charge < -0.3 is 35.2 Å². The van der Waals surface area contributed by atoms with Crippen LogP contribution in [0.15, 0.2) is 36.5 Å². The number of ether oxygens (including phenoxy) is 2. The molecule has 61 heavy (non-hydrogen) atoms. The lowest BCUT2D eigenvalue weighted by Crippen LogP contribution is -2.61. The van der Waals surface area contributed by atoms with Crippen molar-refractivity contribution in [3.05, 3.63) is 36.5 Å². The van der Waals surface area contributed by atoms with Crippen molar-refractivity contribution in [3.8, 4) is 0 Å². The van der Waals surface area contributed by atoms with Crippen molar-refractivity contribution in [2.75, 3.05) is 13.2 Å². The number of unbranched alkanes of at least 4 members (excludes halogenated alkanes) is 25. The van der Waals surface area contributed by atoms with Gasteiger partial charge in [-0.25, -0.2) is 4.18 Å². The number of hydrogen-bond donors (Lipinski definition) is 6. The number of rotatable bonds is 41. The van der Waals surface area contributed by atoms with E-state index in [2.05, 4.69) is 35.5 Å². The minimum absolute atomic E-state index is 0.163. The molecule has 0 aromatic carbocycles. The fourth-order valence-electron chi connectivity index (χ4n) is 7.62. The number of aliphatic hydroxyl groups is 4. The van der Waals surface area contributed by atoms with E-state index in [1.807, 2.05) is 18.2 Å². The SMILES string of the molecule is CCCCCCCC/C=C\C/C=C\CCC(=O)NC(COC1OC(CO)C(O)C(OS(=O)(=O)O)C1O)C(O)/C=C/CCCCCCCCCCCCCCCCCCCCC. The molecular formula is C48H89NO11S. The van der Waals surface area contributed by atoms with E-state index < -0.39 is 59.9 Å². The molecule has 0 bridgehead atoms. The highest BCUT2D eigenvalue weighted by atomic mass is 32.3. The monoisotopic (exact) mass is 888 g/mol. The summed E-state index contributed by atoms with van der Waals surface area (Å²) in [4.78, 5) is 13.0. The average molecular weight is 888 g/mol. The van der Waals surface area contributed by atoms with E-state index in [4.69, 9.17) is 9.47 Å². The Hall–Kier alpha value is -1.68. The topological polar surface area (TPSA) is 192 Å². The van der Waals surface area contributed by atoms with Gasteiger partial charge in [-0.1, -0.05) is 198 Å². The number of hydrogen-bond acceptors (Lipinski definition) is 10. The summed E-state index contributed by atoms with van der Waals surface area (Å²) in [6, 6.07) is -0.973. The predicted molar refractivity (Wildman–Crippen MR) is 245 cm³/mol. The van der Waals surface area contributed by atoms with Gasteiger partial charge in [-0.15, -0.1) is 0 Å². The van der Waals surface area contributed by atoms with Gasteiger partial charge in [0.05, 0.1) is 25.4 Å².